The van der Waals surface area contributed by atoms with Gasteiger partial charge in [-0.2, -0.15) is 4.68 Å². The molecule has 0 radical (unpaired) electrons. The van der Waals surface area contributed by atoms with Crippen molar-refractivity contribution in [3.05, 3.63) is 20.6 Å². The Morgan fingerprint density at radius 3 is 2.64 bits per heavy atom. The molecule has 0 aliphatic heterocycles. The van der Waals surface area contributed by atoms with Crippen molar-refractivity contribution in [2.75, 3.05) is 0 Å². The number of rotatable bonds is 2. The molecule has 8 heteroatoms. The number of nitrogens with zero attached hydrogens (tertiary/aromatic N) is 5. The third kappa shape index (κ3) is 1.39. The predicted molar refractivity (Wildman–Crippen MR) is 32.3 cm³/mol. The molecule has 0 aromatic carbocycles. The van der Waals surface area contributed by atoms with Crippen molar-refractivity contribution >= 4 is 0 Å². The summed E-state index contributed by atoms with van der Waals surface area (Å²) >= 11 is 0. The van der Waals surface area contributed by atoms with Crippen molar-refractivity contribution in [2.45, 2.75) is 6.67 Å². The molecule has 0 N–H and O–H groups in total. The summed E-state index contributed by atoms with van der Waals surface area (Å²) in [6.45, 7) is -0.646. The van der Waals surface area contributed by atoms with Gasteiger partial charge in [-0.25, -0.2) is 4.79 Å². The first kappa shape index (κ1) is 7.38. The van der Waals surface area contributed by atoms with E-state index in [0.717, 1.165) is 4.68 Å². The normalized spacial score (nSPS) is 9.91. The molecule has 0 spiro atoms. The van der Waals surface area contributed by atoms with Crippen LogP contribution in [0.5, 0.6) is 0 Å². The summed E-state index contributed by atoms with van der Waals surface area (Å²) < 4.78 is 1.59. The molecule has 0 aliphatic rings. The predicted octanol–water partition coefficient (Wildman–Crippen LogP) is -1.79. The van der Waals surface area contributed by atoms with Gasteiger partial charge in [-0.1, -0.05) is 0 Å². The monoisotopic (exact) mass is 159 g/mol. The molecule has 0 atom stereocenters. The number of nitro groups is 1. The minimum atomic E-state index is -0.657. The van der Waals surface area contributed by atoms with Gasteiger partial charge in [0.05, 0.1) is 0 Å². The second-order valence-corrected chi connectivity index (χ2v) is 1.86. The molecular weight excluding hydrogens is 154 g/mol. The van der Waals surface area contributed by atoms with Crippen molar-refractivity contribution in [3.8, 4) is 0 Å². The molecule has 0 fully saturated rings. The Hall–Kier alpha value is -1.73. The molecule has 1 rings (SSSR count). The van der Waals surface area contributed by atoms with Gasteiger partial charge < -0.3 is 0 Å². The summed E-state index contributed by atoms with van der Waals surface area (Å²) in [6.07, 6.45) is 0. The number of aromatic nitrogens is 4. The smallest absolute Gasteiger partial charge is 0.263 e. The Morgan fingerprint density at radius 1 is 1.64 bits per heavy atom. The third-order valence-electron chi connectivity index (χ3n) is 1.03. The van der Waals surface area contributed by atoms with Crippen LogP contribution in [0.15, 0.2) is 4.79 Å². The number of hydrogen-bond donors (Lipinski definition) is 0. The standard InChI is InChI=1S/C3H5N5O3/c1-6-3(9)7(5-4-6)2-8(10)11/h2H2,1H3. The van der Waals surface area contributed by atoms with Crippen LogP contribution in [0.1, 0.15) is 0 Å². The summed E-state index contributed by atoms with van der Waals surface area (Å²) in [7, 11) is 1.37. The lowest BCUT2D eigenvalue weighted by molar-refractivity contribution is -0.516. The maximum Gasteiger partial charge on any atom is 0.368 e. The first-order valence-electron chi connectivity index (χ1n) is 2.70. The molecule has 0 amide bonds. The SMILES string of the molecule is Cn1nnn(C[N+](=O)[O-])c1=O. The van der Waals surface area contributed by atoms with E-state index in [4.69, 9.17) is 0 Å². The Labute approximate surface area is 60.2 Å². The fourth-order valence-corrected chi connectivity index (χ4v) is 0.550. The fourth-order valence-electron chi connectivity index (χ4n) is 0.550. The van der Waals surface area contributed by atoms with Crippen molar-refractivity contribution in [1.29, 1.82) is 0 Å². The highest BCUT2D eigenvalue weighted by molar-refractivity contribution is 4.51. The van der Waals surface area contributed by atoms with Crippen molar-refractivity contribution < 1.29 is 4.92 Å². The molecule has 0 unspecified atom stereocenters. The molecule has 0 bridgehead atoms. The second kappa shape index (κ2) is 2.48. The topological polar surface area (TPSA) is 95.8 Å². The van der Waals surface area contributed by atoms with Crippen molar-refractivity contribution in [3.63, 3.8) is 0 Å². The van der Waals surface area contributed by atoms with E-state index in [-0.39, 0.29) is 0 Å². The molecule has 11 heavy (non-hydrogen) atoms. The van der Waals surface area contributed by atoms with Gasteiger partial charge >= 0.3 is 12.4 Å². The zero-order valence-corrected chi connectivity index (χ0v) is 5.67. The van der Waals surface area contributed by atoms with Gasteiger partial charge in [-0.3, -0.25) is 10.1 Å². The summed E-state index contributed by atoms with van der Waals surface area (Å²) in [5.41, 5.74) is -0.596. The molecule has 1 aromatic heterocycles. The molecule has 8 nitrogen and oxygen atoms in total. The van der Waals surface area contributed by atoms with Gasteiger partial charge in [0, 0.05) is 12.0 Å². The minimum absolute atomic E-state index is 0.596. The van der Waals surface area contributed by atoms with E-state index in [0.29, 0.717) is 4.68 Å². The van der Waals surface area contributed by atoms with E-state index in [1.807, 2.05) is 0 Å². The van der Waals surface area contributed by atoms with E-state index >= 15 is 0 Å². The minimum Gasteiger partial charge on any atom is -0.263 e. The van der Waals surface area contributed by atoms with Crippen LogP contribution in [0.25, 0.3) is 0 Å². The molecule has 60 valence electrons. The van der Waals surface area contributed by atoms with Crippen LogP contribution >= 0.6 is 0 Å². The first-order chi connectivity index (χ1) is 5.11. The van der Waals surface area contributed by atoms with Gasteiger partial charge in [0.1, 0.15) is 0 Å². The van der Waals surface area contributed by atoms with Gasteiger partial charge in [-0.15, -0.1) is 4.68 Å². The summed E-state index contributed by atoms with van der Waals surface area (Å²) in [4.78, 5) is 20.0. The highest BCUT2D eigenvalue weighted by Crippen LogP contribution is 1.72. The lowest BCUT2D eigenvalue weighted by Gasteiger charge is -1.86. The highest BCUT2D eigenvalue weighted by Gasteiger charge is 2.06. The van der Waals surface area contributed by atoms with Gasteiger partial charge in [-0.05, 0) is 10.4 Å². The lowest BCUT2D eigenvalue weighted by Crippen LogP contribution is -2.26. The second-order valence-electron chi connectivity index (χ2n) is 1.86. The quantitative estimate of drug-likeness (QED) is 0.375. The van der Waals surface area contributed by atoms with E-state index < -0.39 is 17.3 Å². The highest BCUT2D eigenvalue weighted by atomic mass is 16.6. The van der Waals surface area contributed by atoms with Crippen LogP contribution in [-0.4, -0.2) is 24.7 Å². The molecular formula is C3H5N5O3. The van der Waals surface area contributed by atoms with Crippen LogP contribution in [0.2, 0.25) is 0 Å². The Kier molecular flexibility index (Phi) is 1.66. The zero-order chi connectivity index (χ0) is 8.43. The summed E-state index contributed by atoms with van der Waals surface area (Å²) in [6, 6.07) is 0. The average molecular weight is 159 g/mol. The van der Waals surface area contributed by atoms with Gasteiger partial charge in [0.2, 0.25) is 0 Å². The largest absolute Gasteiger partial charge is 0.368 e. The zero-order valence-electron chi connectivity index (χ0n) is 5.67. The fraction of sp³-hybridized carbons (Fsp3) is 0.667. The van der Waals surface area contributed by atoms with Crippen molar-refractivity contribution in [1.82, 2.24) is 19.8 Å². The molecule has 1 heterocycles. The van der Waals surface area contributed by atoms with E-state index in [2.05, 4.69) is 10.4 Å². The van der Waals surface area contributed by atoms with Gasteiger partial charge in [0.15, 0.2) is 0 Å². The Bertz CT molecular complexity index is 324. The molecule has 1 aromatic rings. The Balaban J connectivity index is 2.97. The number of hydrogen-bond acceptors (Lipinski definition) is 5. The van der Waals surface area contributed by atoms with Gasteiger partial charge in [0.25, 0.3) is 0 Å². The Morgan fingerprint density at radius 2 is 2.27 bits per heavy atom. The average Bonchev–Trinajstić information content (AvgIpc) is 2.18. The lowest BCUT2D eigenvalue weighted by atomic mass is 11.0. The maximum atomic E-state index is 10.8. The molecule has 0 saturated heterocycles. The third-order valence-corrected chi connectivity index (χ3v) is 1.03. The summed E-state index contributed by atoms with van der Waals surface area (Å²) in [5.74, 6) is 0. The van der Waals surface area contributed by atoms with Crippen LogP contribution in [0.3, 0.4) is 0 Å². The molecule has 0 aliphatic carbocycles. The number of tetrazole rings is 1. The van der Waals surface area contributed by atoms with E-state index in [1.54, 1.807) is 0 Å². The maximum absolute atomic E-state index is 10.8. The van der Waals surface area contributed by atoms with Crippen LogP contribution in [0.4, 0.5) is 0 Å². The van der Waals surface area contributed by atoms with Crippen LogP contribution in [0, 0.1) is 10.1 Å². The summed E-state index contributed by atoms with van der Waals surface area (Å²) in [5, 5.41) is 16.4. The molecule has 0 saturated carbocycles. The first-order valence-corrected chi connectivity index (χ1v) is 2.70. The van der Waals surface area contributed by atoms with Crippen LogP contribution < -0.4 is 5.69 Å². The van der Waals surface area contributed by atoms with E-state index in [9.17, 15) is 14.9 Å². The number of aryl methyl sites for hydroxylation is 1. The van der Waals surface area contributed by atoms with Crippen molar-refractivity contribution in [2.24, 2.45) is 7.05 Å². The van der Waals surface area contributed by atoms with Crippen LogP contribution in [-0.2, 0) is 13.7 Å². The van der Waals surface area contributed by atoms with E-state index in [1.165, 1.54) is 7.05 Å².